The van der Waals surface area contributed by atoms with E-state index in [2.05, 4.69) is 9.71 Å². The highest BCUT2D eigenvalue weighted by molar-refractivity contribution is 7.88. The molecule has 0 fully saturated rings. The van der Waals surface area contributed by atoms with E-state index in [9.17, 15) is 8.42 Å². The van der Waals surface area contributed by atoms with Gasteiger partial charge in [0.1, 0.15) is 5.01 Å². The number of thiazole rings is 1. The molecule has 5 nitrogen and oxygen atoms in total. The summed E-state index contributed by atoms with van der Waals surface area (Å²) in [6, 6.07) is 6.82. The second kappa shape index (κ2) is 6.34. The number of rotatable bonds is 6. The molecule has 3 N–H and O–H groups in total. The molecule has 0 unspecified atom stereocenters. The molecule has 0 aliphatic carbocycles. The van der Waals surface area contributed by atoms with Gasteiger partial charge in [-0.25, -0.2) is 18.1 Å². The standard InChI is InChI=1S/C13H17N3O2S2/c1-2-12-7-15-13(19-12)8-16-20(17,18)9-10-3-5-11(14)6-4-10/h3-7,16H,2,8-9,14H2,1H3. The van der Waals surface area contributed by atoms with Gasteiger partial charge in [-0.3, -0.25) is 0 Å². The first-order valence-corrected chi connectivity index (χ1v) is 8.70. The number of hydrogen-bond acceptors (Lipinski definition) is 5. The third-order valence-corrected chi connectivity index (χ3v) is 5.17. The summed E-state index contributed by atoms with van der Waals surface area (Å²) in [4.78, 5) is 5.33. The van der Waals surface area contributed by atoms with E-state index in [0.29, 0.717) is 11.3 Å². The van der Waals surface area contributed by atoms with Crippen LogP contribution < -0.4 is 10.5 Å². The molecule has 0 saturated carbocycles. The lowest BCUT2D eigenvalue weighted by Gasteiger charge is -2.05. The molecule has 7 heteroatoms. The van der Waals surface area contributed by atoms with E-state index in [0.717, 1.165) is 16.3 Å². The van der Waals surface area contributed by atoms with E-state index in [1.807, 2.05) is 6.92 Å². The van der Waals surface area contributed by atoms with Crippen LogP contribution in [-0.2, 0) is 28.7 Å². The summed E-state index contributed by atoms with van der Waals surface area (Å²) in [5.74, 6) is -0.0563. The third-order valence-electron chi connectivity index (χ3n) is 2.73. The zero-order chi connectivity index (χ0) is 14.6. The summed E-state index contributed by atoms with van der Waals surface area (Å²) in [6.07, 6.45) is 2.70. The number of nitrogens with two attached hydrogens (primary N) is 1. The van der Waals surface area contributed by atoms with Gasteiger partial charge in [0.2, 0.25) is 10.0 Å². The van der Waals surface area contributed by atoms with Crippen LogP contribution in [0, 0.1) is 0 Å². The number of nitrogen functional groups attached to an aromatic ring is 1. The molecule has 0 amide bonds. The van der Waals surface area contributed by atoms with Gasteiger partial charge in [-0.1, -0.05) is 19.1 Å². The van der Waals surface area contributed by atoms with Gasteiger partial charge in [0.15, 0.2) is 0 Å². The highest BCUT2D eigenvalue weighted by Crippen LogP contribution is 2.14. The van der Waals surface area contributed by atoms with Crippen molar-refractivity contribution in [3.8, 4) is 0 Å². The van der Waals surface area contributed by atoms with Crippen LogP contribution in [0.25, 0.3) is 0 Å². The number of hydrogen-bond donors (Lipinski definition) is 2. The van der Waals surface area contributed by atoms with Gasteiger partial charge in [-0.05, 0) is 24.1 Å². The van der Waals surface area contributed by atoms with Crippen molar-refractivity contribution in [3.63, 3.8) is 0 Å². The molecule has 20 heavy (non-hydrogen) atoms. The Morgan fingerprint density at radius 3 is 2.60 bits per heavy atom. The second-order valence-corrected chi connectivity index (χ2v) is 7.40. The molecule has 0 saturated heterocycles. The lowest BCUT2D eigenvalue weighted by Crippen LogP contribution is -2.24. The fourth-order valence-corrected chi connectivity index (χ4v) is 3.63. The molecule has 1 aromatic carbocycles. The Labute approximate surface area is 122 Å². The van der Waals surface area contributed by atoms with Crippen LogP contribution in [0.1, 0.15) is 22.4 Å². The molecular weight excluding hydrogens is 294 g/mol. The monoisotopic (exact) mass is 311 g/mol. The second-order valence-electron chi connectivity index (χ2n) is 4.40. The fraction of sp³-hybridized carbons (Fsp3) is 0.308. The Hall–Kier alpha value is -1.44. The molecule has 2 rings (SSSR count). The number of nitrogens with zero attached hydrogens (tertiary/aromatic N) is 1. The van der Waals surface area contributed by atoms with Crippen LogP contribution in [0.3, 0.4) is 0 Å². The summed E-state index contributed by atoms with van der Waals surface area (Å²) in [6.45, 7) is 2.28. The van der Waals surface area contributed by atoms with E-state index in [1.165, 1.54) is 11.3 Å². The zero-order valence-corrected chi connectivity index (χ0v) is 12.8. The van der Waals surface area contributed by atoms with Crippen LogP contribution >= 0.6 is 11.3 Å². The van der Waals surface area contributed by atoms with Gasteiger partial charge in [0, 0.05) is 16.8 Å². The number of aryl methyl sites for hydroxylation is 1. The number of sulfonamides is 1. The number of benzene rings is 1. The number of aromatic nitrogens is 1. The minimum Gasteiger partial charge on any atom is -0.399 e. The Morgan fingerprint density at radius 1 is 1.30 bits per heavy atom. The molecule has 0 aliphatic rings. The lowest BCUT2D eigenvalue weighted by atomic mass is 10.2. The first-order valence-electron chi connectivity index (χ1n) is 6.24. The largest absolute Gasteiger partial charge is 0.399 e. The van der Waals surface area contributed by atoms with Gasteiger partial charge >= 0.3 is 0 Å². The number of anilines is 1. The lowest BCUT2D eigenvalue weighted by molar-refractivity contribution is 0.580. The van der Waals surface area contributed by atoms with Crippen molar-refractivity contribution in [3.05, 3.63) is 45.9 Å². The maximum absolute atomic E-state index is 12.0. The molecule has 1 heterocycles. The molecule has 1 aromatic heterocycles. The van der Waals surface area contributed by atoms with E-state index in [1.54, 1.807) is 30.5 Å². The summed E-state index contributed by atoms with van der Waals surface area (Å²) in [7, 11) is -3.37. The highest BCUT2D eigenvalue weighted by atomic mass is 32.2. The zero-order valence-electron chi connectivity index (χ0n) is 11.2. The average molecular weight is 311 g/mol. The maximum Gasteiger partial charge on any atom is 0.216 e. The summed E-state index contributed by atoms with van der Waals surface area (Å²) in [5.41, 5.74) is 6.90. The van der Waals surface area contributed by atoms with Crippen molar-refractivity contribution >= 4 is 27.0 Å². The molecule has 0 spiro atoms. The maximum atomic E-state index is 12.0. The van der Waals surface area contributed by atoms with Crippen LogP contribution in [0.4, 0.5) is 5.69 Å². The quantitative estimate of drug-likeness (QED) is 0.798. The van der Waals surface area contributed by atoms with Gasteiger partial charge in [0.05, 0.1) is 12.3 Å². The number of nitrogens with one attached hydrogen (secondary N) is 1. The Bertz CT molecular complexity index is 663. The minimum absolute atomic E-state index is 0.0563. The first kappa shape index (κ1) is 15.0. The SMILES string of the molecule is CCc1cnc(CNS(=O)(=O)Cc2ccc(N)cc2)s1. The first-order chi connectivity index (χ1) is 9.48. The molecule has 0 atom stereocenters. The van der Waals surface area contributed by atoms with Crippen molar-refractivity contribution in [2.75, 3.05) is 5.73 Å². The molecule has 0 bridgehead atoms. The highest BCUT2D eigenvalue weighted by Gasteiger charge is 2.12. The topological polar surface area (TPSA) is 85.1 Å². The van der Waals surface area contributed by atoms with Gasteiger partial charge < -0.3 is 5.73 Å². The Kier molecular flexibility index (Phi) is 4.74. The van der Waals surface area contributed by atoms with Crippen molar-refractivity contribution < 1.29 is 8.42 Å². The Morgan fingerprint density at radius 2 is 2.00 bits per heavy atom. The van der Waals surface area contributed by atoms with E-state index in [4.69, 9.17) is 5.73 Å². The average Bonchev–Trinajstić information content (AvgIpc) is 2.87. The van der Waals surface area contributed by atoms with Gasteiger partial charge in [0.25, 0.3) is 0 Å². The Balaban J connectivity index is 1.95. The fourth-order valence-electron chi connectivity index (χ4n) is 1.65. The predicted octanol–water partition coefficient (Wildman–Crippen LogP) is 1.91. The van der Waals surface area contributed by atoms with Crippen molar-refractivity contribution in [2.45, 2.75) is 25.6 Å². The molecular formula is C13H17N3O2S2. The van der Waals surface area contributed by atoms with E-state index >= 15 is 0 Å². The van der Waals surface area contributed by atoms with Crippen LogP contribution in [0.2, 0.25) is 0 Å². The van der Waals surface area contributed by atoms with E-state index < -0.39 is 10.0 Å². The third kappa shape index (κ3) is 4.29. The molecule has 2 aromatic rings. The van der Waals surface area contributed by atoms with Crippen molar-refractivity contribution in [1.29, 1.82) is 0 Å². The van der Waals surface area contributed by atoms with Crippen LogP contribution in [0.5, 0.6) is 0 Å². The summed E-state index contributed by atoms with van der Waals surface area (Å²) in [5, 5.41) is 0.780. The molecule has 0 radical (unpaired) electrons. The van der Waals surface area contributed by atoms with Gasteiger partial charge in [-0.2, -0.15) is 0 Å². The summed E-state index contributed by atoms with van der Waals surface area (Å²) >= 11 is 1.53. The van der Waals surface area contributed by atoms with Crippen molar-refractivity contribution in [1.82, 2.24) is 9.71 Å². The van der Waals surface area contributed by atoms with E-state index in [-0.39, 0.29) is 12.3 Å². The van der Waals surface area contributed by atoms with Crippen LogP contribution in [0.15, 0.2) is 30.5 Å². The van der Waals surface area contributed by atoms with Crippen molar-refractivity contribution in [2.24, 2.45) is 0 Å². The van der Waals surface area contributed by atoms with Crippen LogP contribution in [-0.4, -0.2) is 13.4 Å². The smallest absolute Gasteiger partial charge is 0.216 e. The summed E-state index contributed by atoms with van der Waals surface area (Å²) < 4.78 is 26.5. The molecule has 0 aliphatic heterocycles. The minimum atomic E-state index is -3.37. The normalized spacial score (nSPS) is 11.7. The van der Waals surface area contributed by atoms with Gasteiger partial charge in [-0.15, -0.1) is 11.3 Å². The molecule has 108 valence electrons. The predicted molar refractivity (Wildman–Crippen MR) is 81.8 cm³/mol.